The second-order valence-electron chi connectivity index (χ2n) is 4.82. The Hall–Kier alpha value is -0.610. The Bertz CT molecular complexity index is 233. The summed E-state index contributed by atoms with van der Waals surface area (Å²) in [6, 6.07) is 0.467. The number of ether oxygens (including phenoxy) is 2. The van der Waals surface area contributed by atoms with Crippen molar-refractivity contribution in [1.29, 1.82) is 0 Å². The lowest BCUT2D eigenvalue weighted by atomic mass is 9.85. The number of carbonyl (C=O) groups is 1. The van der Waals surface area contributed by atoms with E-state index in [9.17, 15) is 4.79 Å². The van der Waals surface area contributed by atoms with E-state index in [0.717, 1.165) is 45.4 Å². The van der Waals surface area contributed by atoms with Crippen LogP contribution in [-0.2, 0) is 14.3 Å². The van der Waals surface area contributed by atoms with Gasteiger partial charge in [0.2, 0.25) is 0 Å². The van der Waals surface area contributed by atoms with Gasteiger partial charge in [0.1, 0.15) is 0 Å². The molecule has 106 valence electrons. The van der Waals surface area contributed by atoms with Gasteiger partial charge in [-0.25, -0.2) is 0 Å². The Balaban J connectivity index is 2.16. The third-order valence-corrected chi connectivity index (χ3v) is 3.40. The second-order valence-corrected chi connectivity index (χ2v) is 4.82. The smallest absolute Gasteiger partial charge is 0.308 e. The highest BCUT2D eigenvalue weighted by Crippen LogP contribution is 2.25. The molecule has 0 spiro atoms. The first kappa shape index (κ1) is 15.4. The first-order valence-corrected chi connectivity index (χ1v) is 7.25. The summed E-state index contributed by atoms with van der Waals surface area (Å²) in [5.41, 5.74) is 0. The number of hydrogen-bond donors (Lipinski definition) is 1. The van der Waals surface area contributed by atoms with E-state index < -0.39 is 0 Å². The summed E-state index contributed by atoms with van der Waals surface area (Å²) in [5.74, 6) is 0.0846. The molecule has 0 aromatic heterocycles. The van der Waals surface area contributed by atoms with Gasteiger partial charge >= 0.3 is 5.97 Å². The van der Waals surface area contributed by atoms with Crippen molar-refractivity contribution < 1.29 is 14.3 Å². The Labute approximate surface area is 110 Å². The van der Waals surface area contributed by atoms with Crippen molar-refractivity contribution in [3.8, 4) is 0 Å². The molecule has 1 saturated carbocycles. The Morgan fingerprint density at radius 1 is 1.28 bits per heavy atom. The molecule has 4 nitrogen and oxygen atoms in total. The van der Waals surface area contributed by atoms with Crippen molar-refractivity contribution >= 4 is 5.97 Å². The summed E-state index contributed by atoms with van der Waals surface area (Å²) < 4.78 is 10.4. The Morgan fingerprint density at radius 2 is 2.11 bits per heavy atom. The van der Waals surface area contributed by atoms with Crippen LogP contribution in [-0.4, -0.2) is 38.4 Å². The lowest BCUT2D eigenvalue weighted by molar-refractivity contribution is -0.149. The van der Waals surface area contributed by atoms with E-state index in [0.29, 0.717) is 12.6 Å². The molecule has 18 heavy (non-hydrogen) atoms. The van der Waals surface area contributed by atoms with Crippen LogP contribution in [0, 0.1) is 5.92 Å². The number of rotatable bonds is 8. The van der Waals surface area contributed by atoms with Gasteiger partial charge in [0.15, 0.2) is 0 Å². The lowest BCUT2D eigenvalue weighted by Gasteiger charge is -2.28. The second kappa shape index (κ2) is 9.34. The fourth-order valence-corrected chi connectivity index (χ4v) is 2.47. The predicted molar refractivity (Wildman–Crippen MR) is 71.5 cm³/mol. The van der Waals surface area contributed by atoms with E-state index in [1.807, 2.05) is 13.8 Å². The molecule has 0 bridgehead atoms. The topological polar surface area (TPSA) is 47.6 Å². The molecule has 1 rings (SSSR count). The Morgan fingerprint density at radius 3 is 2.83 bits per heavy atom. The van der Waals surface area contributed by atoms with Gasteiger partial charge in [0.25, 0.3) is 0 Å². The highest BCUT2D eigenvalue weighted by Gasteiger charge is 2.27. The summed E-state index contributed by atoms with van der Waals surface area (Å²) in [5, 5.41) is 3.52. The van der Waals surface area contributed by atoms with Gasteiger partial charge in [-0.1, -0.05) is 6.42 Å². The summed E-state index contributed by atoms with van der Waals surface area (Å²) in [7, 11) is 0. The van der Waals surface area contributed by atoms with Crippen LogP contribution in [0.2, 0.25) is 0 Å². The van der Waals surface area contributed by atoms with E-state index in [1.54, 1.807) is 0 Å². The molecular weight excluding hydrogens is 230 g/mol. The number of hydrogen-bond acceptors (Lipinski definition) is 4. The normalized spacial score (nSPS) is 23.9. The average molecular weight is 257 g/mol. The summed E-state index contributed by atoms with van der Waals surface area (Å²) in [4.78, 5) is 11.7. The van der Waals surface area contributed by atoms with E-state index in [1.165, 1.54) is 6.42 Å². The highest BCUT2D eigenvalue weighted by molar-refractivity contribution is 5.72. The van der Waals surface area contributed by atoms with Crippen LogP contribution in [0.5, 0.6) is 0 Å². The third-order valence-electron chi connectivity index (χ3n) is 3.40. The van der Waals surface area contributed by atoms with Crippen molar-refractivity contribution in [3.05, 3.63) is 0 Å². The predicted octanol–water partition coefficient (Wildman–Crippen LogP) is 2.12. The molecule has 0 aromatic carbocycles. The van der Waals surface area contributed by atoms with Gasteiger partial charge in [-0.05, 0) is 46.1 Å². The van der Waals surface area contributed by atoms with Gasteiger partial charge in [-0.15, -0.1) is 0 Å². The van der Waals surface area contributed by atoms with Gasteiger partial charge in [0.05, 0.1) is 12.5 Å². The number of nitrogens with one attached hydrogen (secondary N) is 1. The van der Waals surface area contributed by atoms with E-state index in [4.69, 9.17) is 9.47 Å². The molecule has 1 aliphatic carbocycles. The summed E-state index contributed by atoms with van der Waals surface area (Å²) >= 11 is 0. The maximum Gasteiger partial charge on any atom is 0.308 e. The molecule has 0 amide bonds. The highest BCUT2D eigenvalue weighted by atomic mass is 16.5. The first-order valence-electron chi connectivity index (χ1n) is 7.25. The SMILES string of the molecule is CCOCCCNC1CCCC(C(=O)OCC)C1. The van der Waals surface area contributed by atoms with Crippen LogP contribution >= 0.6 is 0 Å². The third kappa shape index (κ3) is 5.83. The minimum atomic E-state index is -0.0154. The molecule has 1 N–H and O–H groups in total. The van der Waals surface area contributed by atoms with Crippen LogP contribution in [0.1, 0.15) is 46.0 Å². The maximum atomic E-state index is 11.7. The average Bonchev–Trinajstić information content (AvgIpc) is 2.39. The van der Waals surface area contributed by atoms with Crippen molar-refractivity contribution in [2.24, 2.45) is 5.92 Å². The van der Waals surface area contributed by atoms with Gasteiger partial charge in [-0.3, -0.25) is 4.79 Å². The largest absolute Gasteiger partial charge is 0.466 e. The minimum Gasteiger partial charge on any atom is -0.466 e. The maximum absolute atomic E-state index is 11.7. The zero-order valence-corrected chi connectivity index (χ0v) is 11.7. The molecule has 2 atom stereocenters. The van der Waals surface area contributed by atoms with Crippen LogP contribution in [0.3, 0.4) is 0 Å². The monoisotopic (exact) mass is 257 g/mol. The zero-order chi connectivity index (χ0) is 13.2. The quantitative estimate of drug-likeness (QED) is 0.534. The van der Waals surface area contributed by atoms with E-state index >= 15 is 0 Å². The molecule has 1 fully saturated rings. The van der Waals surface area contributed by atoms with Crippen LogP contribution in [0.15, 0.2) is 0 Å². The van der Waals surface area contributed by atoms with E-state index in [-0.39, 0.29) is 11.9 Å². The van der Waals surface area contributed by atoms with Gasteiger partial charge < -0.3 is 14.8 Å². The fourth-order valence-electron chi connectivity index (χ4n) is 2.47. The molecule has 0 aliphatic heterocycles. The van der Waals surface area contributed by atoms with Crippen molar-refractivity contribution in [2.75, 3.05) is 26.4 Å². The van der Waals surface area contributed by atoms with Gasteiger partial charge in [0, 0.05) is 19.3 Å². The molecule has 4 heteroatoms. The lowest BCUT2D eigenvalue weighted by Crippen LogP contribution is -2.37. The standard InChI is InChI=1S/C14H27NO3/c1-3-17-10-6-9-15-13-8-5-7-12(11-13)14(16)18-4-2/h12-13,15H,3-11H2,1-2H3. The fraction of sp³-hybridized carbons (Fsp3) is 0.929. The molecule has 0 heterocycles. The van der Waals surface area contributed by atoms with E-state index in [2.05, 4.69) is 5.32 Å². The molecule has 1 aliphatic rings. The van der Waals surface area contributed by atoms with Crippen molar-refractivity contribution in [3.63, 3.8) is 0 Å². The van der Waals surface area contributed by atoms with Crippen molar-refractivity contribution in [2.45, 2.75) is 52.0 Å². The molecular formula is C14H27NO3. The summed E-state index contributed by atoms with van der Waals surface area (Å²) in [6.45, 7) is 6.94. The molecule has 0 aromatic rings. The molecule has 0 radical (unpaired) electrons. The molecule has 2 unspecified atom stereocenters. The van der Waals surface area contributed by atoms with Crippen LogP contribution in [0.4, 0.5) is 0 Å². The van der Waals surface area contributed by atoms with Crippen molar-refractivity contribution in [1.82, 2.24) is 5.32 Å². The van der Waals surface area contributed by atoms with Gasteiger partial charge in [-0.2, -0.15) is 0 Å². The Kier molecular flexibility index (Phi) is 8.01. The van der Waals surface area contributed by atoms with Crippen LogP contribution < -0.4 is 5.32 Å². The first-order chi connectivity index (χ1) is 8.77. The minimum absolute atomic E-state index is 0.0154. The number of esters is 1. The zero-order valence-electron chi connectivity index (χ0n) is 11.7. The van der Waals surface area contributed by atoms with Crippen LogP contribution in [0.25, 0.3) is 0 Å². The summed E-state index contributed by atoms with van der Waals surface area (Å²) in [6.07, 6.45) is 5.23. The number of carbonyl (C=O) groups excluding carboxylic acids is 1. The molecule has 0 saturated heterocycles.